The number of amides is 1. The average molecular weight is 293 g/mol. The minimum absolute atomic E-state index is 0.0467. The number of hydrogen-bond acceptors (Lipinski definition) is 3. The van der Waals surface area contributed by atoms with Crippen molar-refractivity contribution >= 4 is 23.6 Å². The maximum absolute atomic E-state index is 12.1. The van der Waals surface area contributed by atoms with Crippen LogP contribution in [0.5, 0.6) is 0 Å². The summed E-state index contributed by atoms with van der Waals surface area (Å²) in [5.74, 6) is -0.295. The average Bonchev–Trinajstić information content (AvgIpc) is 3.22. The molecule has 108 valence electrons. The molecule has 20 heavy (non-hydrogen) atoms. The van der Waals surface area contributed by atoms with Crippen LogP contribution in [0.2, 0.25) is 0 Å². The lowest BCUT2D eigenvalue weighted by atomic mass is 10.2. The van der Waals surface area contributed by atoms with Crippen molar-refractivity contribution in [2.24, 2.45) is 0 Å². The summed E-state index contributed by atoms with van der Waals surface area (Å²) in [6.07, 6.45) is 2.26. The SMILES string of the molecule is Cc1ccc(SCCC(=O)N(CC(=O)O)C2CC2)cc1. The van der Waals surface area contributed by atoms with E-state index in [0.717, 1.165) is 17.7 Å². The van der Waals surface area contributed by atoms with E-state index >= 15 is 0 Å². The van der Waals surface area contributed by atoms with Crippen molar-refractivity contribution in [2.75, 3.05) is 12.3 Å². The second-order valence-electron chi connectivity index (χ2n) is 5.06. The zero-order valence-corrected chi connectivity index (χ0v) is 12.4. The Labute approximate surface area is 123 Å². The third-order valence-electron chi connectivity index (χ3n) is 3.22. The van der Waals surface area contributed by atoms with Gasteiger partial charge < -0.3 is 10.0 Å². The third kappa shape index (κ3) is 4.56. The smallest absolute Gasteiger partial charge is 0.323 e. The number of carboxylic acid groups (broad SMARTS) is 1. The number of aliphatic carboxylic acids is 1. The molecule has 0 atom stereocenters. The number of hydrogen-bond donors (Lipinski definition) is 1. The van der Waals surface area contributed by atoms with Gasteiger partial charge in [-0.15, -0.1) is 11.8 Å². The highest BCUT2D eigenvalue weighted by molar-refractivity contribution is 7.99. The summed E-state index contributed by atoms with van der Waals surface area (Å²) in [7, 11) is 0. The summed E-state index contributed by atoms with van der Waals surface area (Å²) in [5, 5.41) is 8.84. The predicted molar refractivity (Wildman–Crippen MR) is 78.9 cm³/mol. The molecule has 1 aliphatic carbocycles. The first kappa shape index (κ1) is 14.9. The van der Waals surface area contributed by atoms with E-state index in [2.05, 4.69) is 0 Å². The number of carboxylic acids is 1. The second kappa shape index (κ2) is 6.79. The molecule has 5 heteroatoms. The van der Waals surface area contributed by atoms with E-state index in [0.29, 0.717) is 12.2 Å². The van der Waals surface area contributed by atoms with Crippen LogP contribution in [-0.2, 0) is 9.59 Å². The Bertz CT molecular complexity index is 482. The molecule has 1 amide bonds. The van der Waals surface area contributed by atoms with Crippen LogP contribution in [0.25, 0.3) is 0 Å². The highest BCUT2D eigenvalue weighted by atomic mass is 32.2. The molecule has 1 aliphatic rings. The Balaban J connectivity index is 1.78. The molecule has 0 aromatic heterocycles. The topological polar surface area (TPSA) is 57.6 Å². The molecule has 0 unspecified atom stereocenters. The number of nitrogens with zero attached hydrogens (tertiary/aromatic N) is 1. The van der Waals surface area contributed by atoms with E-state index in [1.165, 1.54) is 10.5 Å². The lowest BCUT2D eigenvalue weighted by Gasteiger charge is -2.20. The Morgan fingerprint density at radius 2 is 1.95 bits per heavy atom. The van der Waals surface area contributed by atoms with Gasteiger partial charge in [-0.3, -0.25) is 9.59 Å². The molecule has 2 rings (SSSR count). The molecule has 0 radical (unpaired) electrons. The van der Waals surface area contributed by atoms with Crippen molar-refractivity contribution in [3.63, 3.8) is 0 Å². The molecule has 0 heterocycles. The van der Waals surface area contributed by atoms with Crippen LogP contribution >= 0.6 is 11.8 Å². The van der Waals surface area contributed by atoms with Crippen molar-refractivity contribution in [3.05, 3.63) is 29.8 Å². The van der Waals surface area contributed by atoms with Crippen LogP contribution in [0.3, 0.4) is 0 Å². The number of carbonyl (C=O) groups is 2. The van der Waals surface area contributed by atoms with Crippen molar-refractivity contribution in [1.82, 2.24) is 4.90 Å². The molecule has 1 aromatic rings. The van der Waals surface area contributed by atoms with Crippen molar-refractivity contribution in [1.29, 1.82) is 0 Å². The van der Waals surface area contributed by atoms with E-state index in [1.807, 2.05) is 31.2 Å². The van der Waals surface area contributed by atoms with Gasteiger partial charge in [0.05, 0.1) is 0 Å². The van der Waals surface area contributed by atoms with Gasteiger partial charge in [0.2, 0.25) is 5.91 Å². The lowest BCUT2D eigenvalue weighted by Crippen LogP contribution is -2.37. The first-order valence-corrected chi connectivity index (χ1v) is 7.75. The van der Waals surface area contributed by atoms with Crippen LogP contribution in [0.15, 0.2) is 29.2 Å². The summed E-state index contributed by atoms with van der Waals surface area (Å²) < 4.78 is 0. The summed E-state index contributed by atoms with van der Waals surface area (Å²) in [5.41, 5.74) is 1.21. The van der Waals surface area contributed by atoms with Crippen LogP contribution in [0, 0.1) is 6.92 Å². The van der Waals surface area contributed by atoms with Crippen molar-refractivity contribution in [2.45, 2.75) is 37.1 Å². The van der Waals surface area contributed by atoms with Gasteiger partial charge in [0.1, 0.15) is 6.54 Å². The zero-order chi connectivity index (χ0) is 14.5. The van der Waals surface area contributed by atoms with E-state index < -0.39 is 5.97 Å². The quantitative estimate of drug-likeness (QED) is 0.785. The monoisotopic (exact) mass is 293 g/mol. The summed E-state index contributed by atoms with van der Waals surface area (Å²) in [4.78, 5) is 25.5. The first-order valence-electron chi connectivity index (χ1n) is 6.77. The number of rotatable bonds is 7. The summed E-state index contributed by atoms with van der Waals surface area (Å²) >= 11 is 1.63. The minimum Gasteiger partial charge on any atom is -0.480 e. The van der Waals surface area contributed by atoms with Gasteiger partial charge in [-0.25, -0.2) is 0 Å². The molecule has 0 saturated heterocycles. The molecule has 1 N–H and O–H groups in total. The van der Waals surface area contributed by atoms with Gasteiger partial charge >= 0.3 is 5.97 Å². The van der Waals surface area contributed by atoms with Crippen molar-refractivity contribution < 1.29 is 14.7 Å². The van der Waals surface area contributed by atoms with Gasteiger partial charge in [-0.05, 0) is 31.9 Å². The van der Waals surface area contributed by atoms with Crippen LogP contribution in [0.4, 0.5) is 0 Å². The Morgan fingerprint density at radius 1 is 1.30 bits per heavy atom. The summed E-state index contributed by atoms with van der Waals surface area (Å²) in [6.45, 7) is 1.87. The van der Waals surface area contributed by atoms with Gasteiger partial charge in [0.15, 0.2) is 0 Å². The van der Waals surface area contributed by atoms with Crippen LogP contribution in [0.1, 0.15) is 24.8 Å². The molecule has 4 nitrogen and oxygen atoms in total. The minimum atomic E-state index is -0.934. The number of benzene rings is 1. The van der Waals surface area contributed by atoms with Gasteiger partial charge in [0.25, 0.3) is 0 Å². The molecule has 0 bridgehead atoms. The first-order chi connectivity index (χ1) is 9.56. The number of aryl methyl sites for hydroxylation is 1. The Kier molecular flexibility index (Phi) is 5.06. The normalized spacial score (nSPS) is 14.1. The maximum Gasteiger partial charge on any atom is 0.323 e. The van der Waals surface area contributed by atoms with E-state index in [-0.39, 0.29) is 18.5 Å². The van der Waals surface area contributed by atoms with Gasteiger partial charge in [-0.2, -0.15) is 0 Å². The third-order valence-corrected chi connectivity index (χ3v) is 4.23. The van der Waals surface area contributed by atoms with Crippen LogP contribution < -0.4 is 0 Å². The van der Waals surface area contributed by atoms with Crippen LogP contribution in [-0.4, -0.2) is 40.2 Å². The molecule has 1 aromatic carbocycles. The standard InChI is InChI=1S/C15H19NO3S/c1-11-2-6-13(7-3-11)20-9-8-14(17)16(10-15(18)19)12-4-5-12/h2-3,6-7,12H,4-5,8-10H2,1H3,(H,18,19). The number of carbonyl (C=O) groups excluding carboxylic acids is 1. The molecule has 0 aliphatic heterocycles. The maximum atomic E-state index is 12.1. The van der Waals surface area contributed by atoms with E-state index in [9.17, 15) is 9.59 Å². The molecular formula is C15H19NO3S. The zero-order valence-electron chi connectivity index (χ0n) is 11.5. The Hall–Kier alpha value is -1.49. The second-order valence-corrected chi connectivity index (χ2v) is 6.23. The molecule has 0 spiro atoms. The molecule has 1 saturated carbocycles. The predicted octanol–water partition coefficient (Wildman–Crippen LogP) is 2.55. The summed E-state index contributed by atoms with van der Waals surface area (Å²) in [6, 6.07) is 8.33. The fourth-order valence-electron chi connectivity index (χ4n) is 1.99. The van der Waals surface area contributed by atoms with E-state index in [1.54, 1.807) is 11.8 Å². The fraction of sp³-hybridized carbons (Fsp3) is 0.467. The lowest BCUT2D eigenvalue weighted by molar-refractivity contribution is -0.144. The van der Waals surface area contributed by atoms with Gasteiger partial charge in [0, 0.05) is 23.1 Å². The Morgan fingerprint density at radius 3 is 2.50 bits per heavy atom. The van der Waals surface area contributed by atoms with E-state index in [4.69, 9.17) is 5.11 Å². The molecular weight excluding hydrogens is 274 g/mol. The fourth-order valence-corrected chi connectivity index (χ4v) is 2.83. The largest absolute Gasteiger partial charge is 0.480 e. The number of thioether (sulfide) groups is 1. The highest BCUT2D eigenvalue weighted by Crippen LogP contribution is 2.28. The van der Waals surface area contributed by atoms with Crippen molar-refractivity contribution in [3.8, 4) is 0 Å². The molecule has 1 fully saturated rings. The van der Waals surface area contributed by atoms with Gasteiger partial charge in [-0.1, -0.05) is 17.7 Å². The highest BCUT2D eigenvalue weighted by Gasteiger charge is 2.33.